The largest absolute Gasteiger partial charge is 0.493 e. The molecule has 3 aromatic heterocycles. The summed E-state index contributed by atoms with van der Waals surface area (Å²) in [7, 11) is 0. The number of aryl methyl sites for hydroxylation is 1. The van der Waals surface area contributed by atoms with Gasteiger partial charge in [0.2, 0.25) is 5.95 Å². The zero-order chi connectivity index (χ0) is 23.1. The van der Waals surface area contributed by atoms with Crippen molar-refractivity contribution < 1.29 is 13.9 Å². The molecule has 0 unspecified atom stereocenters. The van der Waals surface area contributed by atoms with Crippen LogP contribution in [0.5, 0.6) is 5.75 Å². The van der Waals surface area contributed by atoms with E-state index < -0.39 is 0 Å². The number of hydrogen-bond acceptors (Lipinski definition) is 6. The van der Waals surface area contributed by atoms with Gasteiger partial charge in [-0.25, -0.2) is 14.4 Å². The van der Waals surface area contributed by atoms with Gasteiger partial charge in [0.25, 0.3) is 0 Å². The summed E-state index contributed by atoms with van der Waals surface area (Å²) in [4.78, 5) is 26.3. The van der Waals surface area contributed by atoms with Crippen LogP contribution in [0.1, 0.15) is 41.2 Å². The first kappa shape index (κ1) is 21.1. The Hall–Kier alpha value is -3.81. The van der Waals surface area contributed by atoms with Crippen molar-refractivity contribution in [2.75, 3.05) is 11.9 Å². The van der Waals surface area contributed by atoms with Crippen LogP contribution in [0.15, 0.2) is 42.9 Å². The number of anilines is 1. The number of imidazole rings is 1. The molecule has 1 aliphatic heterocycles. The number of carbonyl (C=O) groups excluding carboxylic acids is 1. The number of aromatic nitrogens is 4. The number of fused-ring (bicyclic) bond motifs is 2. The lowest BCUT2D eigenvalue weighted by atomic mass is 10.0. The highest BCUT2D eigenvalue weighted by atomic mass is 19.1. The van der Waals surface area contributed by atoms with Crippen LogP contribution in [0.25, 0.3) is 16.8 Å². The van der Waals surface area contributed by atoms with E-state index in [-0.39, 0.29) is 24.1 Å². The normalized spacial score (nSPS) is 12.8. The van der Waals surface area contributed by atoms with Crippen molar-refractivity contribution in [3.05, 3.63) is 71.2 Å². The Bertz CT molecular complexity index is 1380. The minimum absolute atomic E-state index is 0.0532. The van der Waals surface area contributed by atoms with Crippen molar-refractivity contribution in [2.45, 2.75) is 33.7 Å². The monoisotopic (exact) mass is 445 g/mol. The highest BCUT2D eigenvalue weighted by Gasteiger charge is 2.22. The Labute approximate surface area is 190 Å². The molecule has 168 valence electrons. The first-order valence-electron chi connectivity index (χ1n) is 10.9. The molecular formula is C25H24FN5O2. The lowest BCUT2D eigenvalue weighted by Gasteiger charge is -2.13. The molecule has 33 heavy (non-hydrogen) atoms. The molecule has 0 amide bonds. The summed E-state index contributed by atoms with van der Waals surface area (Å²) >= 11 is 0. The number of ether oxygens (including phenoxy) is 1. The molecule has 7 nitrogen and oxygen atoms in total. The van der Waals surface area contributed by atoms with Gasteiger partial charge in [0.15, 0.2) is 5.78 Å². The van der Waals surface area contributed by atoms with Crippen molar-refractivity contribution in [3.8, 4) is 16.9 Å². The quantitative estimate of drug-likeness (QED) is 0.436. The minimum Gasteiger partial charge on any atom is -0.493 e. The zero-order valence-electron chi connectivity index (χ0n) is 18.7. The van der Waals surface area contributed by atoms with Crippen LogP contribution in [0, 0.1) is 18.7 Å². The summed E-state index contributed by atoms with van der Waals surface area (Å²) in [6.07, 6.45) is 5.81. The first-order valence-corrected chi connectivity index (χ1v) is 10.9. The number of ketones is 1. The smallest absolute Gasteiger partial charge is 0.208 e. The van der Waals surface area contributed by atoms with Crippen LogP contribution in [0.3, 0.4) is 0 Å². The maximum absolute atomic E-state index is 14.6. The van der Waals surface area contributed by atoms with Gasteiger partial charge in [0, 0.05) is 65.4 Å². The number of nitrogens with zero attached hydrogens (tertiary/aromatic N) is 4. The Morgan fingerprint density at radius 1 is 1.24 bits per heavy atom. The van der Waals surface area contributed by atoms with Crippen LogP contribution in [-0.2, 0) is 13.0 Å². The summed E-state index contributed by atoms with van der Waals surface area (Å²) in [5.41, 5.74) is 4.89. The van der Waals surface area contributed by atoms with Crippen molar-refractivity contribution in [1.82, 2.24) is 19.4 Å². The van der Waals surface area contributed by atoms with E-state index >= 15 is 0 Å². The van der Waals surface area contributed by atoms with Crippen molar-refractivity contribution in [2.24, 2.45) is 5.92 Å². The molecule has 0 aliphatic carbocycles. The topological polar surface area (TPSA) is 81.4 Å². The van der Waals surface area contributed by atoms with Crippen LogP contribution in [-0.4, -0.2) is 31.7 Å². The van der Waals surface area contributed by atoms with E-state index in [0.29, 0.717) is 35.9 Å². The average Bonchev–Trinajstić information content (AvgIpc) is 3.46. The van der Waals surface area contributed by atoms with E-state index in [0.717, 1.165) is 28.1 Å². The van der Waals surface area contributed by atoms with Crippen LogP contribution >= 0.6 is 0 Å². The van der Waals surface area contributed by atoms with Gasteiger partial charge in [-0.3, -0.25) is 14.2 Å². The number of rotatable bonds is 6. The summed E-state index contributed by atoms with van der Waals surface area (Å²) in [6, 6.07) is 6.90. The van der Waals surface area contributed by atoms with E-state index in [4.69, 9.17) is 4.74 Å². The van der Waals surface area contributed by atoms with Gasteiger partial charge in [-0.05, 0) is 25.1 Å². The summed E-state index contributed by atoms with van der Waals surface area (Å²) in [6.45, 7) is 6.39. The number of Topliss-reactive ketones (excluding diaryl/α,β-unsaturated/α-hetero) is 1. The molecule has 1 aromatic carbocycles. The van der Waals surface area contributed by atoms with Gasteiger partial charge in [-0.15, -0.1) is 0 Å². The van der Waals surface area contributed by atoms with Gasteiger partial charge in [-0.1, -0.05) is 19.9 Å². The molecule has 5 rings (SSSR count). The second-order valence-electron chi connectivity index (χ2n) is 8.43. The highest BCUT2D eigenvalue weighted by Crippen LogP contribution is 2.31. The number of pyridine rings is 1. The van der Waals surface area contributed by atoms with Crippen LogP contribution in [0.4, 0.5) is 10.3 Å². The summed E-state index contributed by atoms with van der Waals surface area (Å²) in [5.74, 6) is 0.668. The first-order chi connectivity index (χ1) is 15.9. The summed E-state index contributed by atoms with van der Waals surface area (Å²) in [5, 5.41) is 3.24. The molecule has 8 heteroatoms. The Morgan fingerprint density at radius 3 is 2.88 bits per heavy atom. The van der Waals surface area contributed by atoms with Crippen molar-refractivity contribution >= 4 is 17.4 Å². The molecular weight excluding hydrogens is 421 g/mol. The molecule has 0 bridgehead atoms. The Morgan fingerprint density at radius 2 is 2.09 bits per heavy atom. The predicted octanol–water partition coefficient (Wildman–Crippen LogP) is 4.62. The second-order valence-corrected chi connectivity index (χ2v) is 8.43. The minimum atomic E-state index is -0.285. The fraction of sp³-hybridized carbons (Fsp3) is 0.280. The van der Waals surface area contributed by atoms with Crippen molar-refractivity contribution in [1.29, 1.82) is 0 Å². The van der Waals surface area contributed by atoms with E-state index in [1.54, 1.807) is 29.1 Å². The van der Waals surface area contributed by atoms with Crippen LogP contribution in [0.2, 0.25) is 0 Å². The average molecular weight is 445 g/mol. The lowest BCUT2D eigenvalue weighted by molar-refractivity contribution is 0.0935. The van der Waals surface area contributed by atoms with Gasteiger partial charge in [-0.2, -0.15) is 0 Å². The predicted molar refractivity (Wildman–Crippen MR) is 123 cm³/mol. The molecule has 0 saturated heterocycles. The molecule has 1 aliphatic rings. The van der Waals surface area contributed by atoms with Gasteiger partial charge >= 0.3 is 0 Å². The summed E-state index contributed by atoms with van der Waals surface area (Å²) < 4.78 is 21.9. The maximum Gasteiger partial charge on any atom is 0.208 e. The lowest BCUT2D eigenvalue weighted by Crippen LogP contribution is -2.10. The maximum atomic E-state index is 14.6. The molecule has 0 fully saturated rings. The zero-order valence-corrected chi connectivity index (χ0v) is 18.7. The number of halogens is 1. The third kappa shape index (κ3) is 3.71. The van der Waals surface area contributed by atoms with Gasteiger partial charge in [0.1, 0.15) is 22.9 Å². The molecule has 0 spiro atoms. The molecule has 4 heterocycles. The second kappa shape index (κ2) is 8.27. The van der Waals surface area contributed by atoms with E-state index in [1.165, 1.54) is 6.07 Å². The number of benzene rings is 1. The fourth-order valence-electron chi connectivity index (χ4n) is 4.16. The van der Waals surface area contributed by atoms with Crippen LogP contribution < -0.4 is 10.1 Å². The Balaban J connectivity index is 1.59. The number of nitrogens with one attached hydrogen (secondary N) is 1. The standard InChI is InChI=1S/C25H24FN5O2/c1-14(2)23(32)21-13-31-24(30-21)19(16-5-4-9-27-15(16)3)12-29-25(31)28-11-18-17-8-10-33-22(17)7-6-20(18)26/h4-7,9,12-14H,8,10-11H2,1-3H3,(H,28,29). The fourth-order valence-corrected chi connectivity index (χ4v) is 4.16. The SMILES string of the molecule is Cc1ncccc1-c1cnc(NCc2c(F)ccc3c2CCO3)n2cc(C(=O)C(C)C)nc12. The Kier molecular flexibility index (Phi) is 5.28. The third-order valence-electron chi connectivity index (χ3n) is 5.93. The molecule has 0 saturated carbocycles. The molecule has 0 radical (unpaired) electrons. The van der Waals surface area contributed by atoms with E-state index in [1.807, 2.05) is 32.9 Å². The van der Waals surface area contributed by atoms with E-state index in [9.17, 15) is 9.18 Å². The van der Waals surface area contributed by atoms with Gasteiger partial charge < -0.3 is 10.1 Å². The third-order valence-corrected chi connectivity index (χ3v) is 5.93. The molecule has 0 atom stereocenters. The molecule has 4 aromatic rings. The number of hydrogen-bond donors (Lipinski definition) is 1. The van der Waals surface area contributed by atoms with Crippen molar-refractivity contribution in [3.63, 3.8) is 0 Å². The van der Waals surface area contributed by atoms with Gasteiger partial charge in [0.05, 0.1) is 6.61 Å². The number of carbonyl (C=O) groups is 1. The molecule has 1 N–H and O–H groups in total. The van der Waals surface area contributed by atoms with E-state index in [2.05, 4.69) is 20.3 Å². The highest BCUT2D eigenvalue weighted by molar-refractivity contribution is 5.97.